The van der Waals surface area contributed by atoms with Crippen molar-refractivity contribution < 1.29 is 77.0 Å². The van der Waals surface area contributed by atoms with Crippen LogP contribution in [0.15, 0.2) is 239 Å². The maximum absolute atomic E-state index is 13.7. The van der Waals surface area contributed by atoms with E-state index in [2.05, 4.69) is 0 Å². The van der Waals surface area contributed by atoms with Crippen LogP contribution in [-0.4, -0.2) is 69.2 Å². The minimum Gasteiger partial charge on any atom is -0.495 e. The zero-order valence-corrected chi connectivity index (χ0v) is 47.6. The van der Waals surface area contributed by atoms with Crippen molar-refractivity contribution in [2.24, 2.45) is 0 Å². The molecule has 86 heavy (non-hydrogen) atoms. The number of rotatable bonds is 20. The zero-order valence-electron chi connectivity index (χ0n) is 45.1. The van der Waals surface area contributed by atoms with E-state index in [0.29, 0.717) is 44.5 Å². The molecule has 0 aliphatic rings. The third-order valence-electron chi connectivity index (χ3n) is 13.6. The highest BCUT2D eigenvalue weighted by Gasteiger charge is 2.25. The second-order valence-corrected chi connectivity index (χ2v) is 23.5. The van der Waals surface area contributed by atoms with E-state index in [1.54, 1.807) is 97.1 Å². The number of methoxy groups -OCH3 is 1. The quantitative estimate of drug-likeness (QED) is 0.0473. The first-order valence-corrected chi connectivity index (χ1v) is 30.1. The van der Waals surface area contributed by atoms with E-state index in [4.69, 9.17) is 18.9 Å². The average molecular weight is 1210 g/mol. The maximum Gasteiger partial charge on any atom is 0.298 e. The second-order valence-electron chi connectivity index (χ2n) is 19.4. The van der Waals surface area contributed by atoms with Gasteiger partial charge in [-0.1, -0.05) is 145 Å². The molecule has 430 valence electrons. The molecule has 0 bridgehead atoms. The molecule has 0 spiro atoms. The summed E-state index contributed by atoms with van der Waals surface area (Å²) < 4.78 is 126. The Morgan fingerprint density at radius 2 is 0.570 bits per heavy atom. The number of hydrogen-bond donors (Lipinski definition) is 3. The molecule has 3 N–H and O–H groups in total. The maximum atomic E-state index is 13.7. The molecule has 0 amide bonds. The molecule has 0 heterocycles. The van der Waals surface area contributed by atoms with Gasteiger partial charge < -0.3 is 18.9 Å². The molecule has 10 rings (SSSR count). The van der Waals surface area contributed by atoms with Crippen LogP contribution in [0.5, 0.6) is 40.2 Å². The van der Waals surface area contributed by atoms with Crippen LogP contribution >= 0.6 is 0 Å². The fourth-order valence-corrected chi connectivity index (χ4v) is 11.0. The van der Waals surface area contributed by atoms with Crippen molar-refractivity contribution in [3.8, 4) is 62.5 Å². The van der Waals surface area contributed by atoms with Crippen molar-refractivity contribution in [1.29, 1.82) is 0 Å². The Labute approximate surface area is 493 Å². The first kappa shape index (κ1) is 59.0. The average Bonchev–Trinajstić information content (AvgIpc) is 1.75. The predicted molar refractivity (Wildman–Crippen MR) is 317 cm³/mol. The van der Waals surface area contributed by atoms with E-state index in [-0.39, 0.29) is 51.9 Å². The van der Waals surface area contributed by atoms with Gasteiger partial charge in [-0.3, -0.25) is 32.8 Å². The summed E-state index contributed by atoms with van der Waals surface area (Å²) in [6.45, 7) is 1.97. The standard InChI is InChI=1S/C66H46O17S3/c1-40-6-8-45(9-7-40)63(67)46-18-10-41(11-19-46)43-14-22-48(23-15-43)65(69)51-4-3-5-52(36-51)66(70)49-24-16-44(17-25-49)42-12-20-47(21-13-42)64(68)50-26-28-53(29-27-50)81-54-31-34-58(61(37-54)85(74,75)76)83-56-32-35-59(62(39-56)86(77,78)79)82-55-30-33-57(80-2)60(38-55)84(71,72)73/h3-39H,1-2H3,(H,71,72,73)(H,74,75,76)(H,77,78,79). The molecule has 17 nitrogen and oxygen atoms in total. The molecular weight excluding hydrogens is 1160 g/mol. The van der Waals surface area contributed by atoms with Crippen LogP contribution in [0, 0.1) is 6.92 Å². The van der Waals surface area contributed by atoms with Crippen LogP contribution in [0.25, 0.3) is 22.3 Å². The van der Waals surface area contributed by atoms with Gasteiger partial charge in [0.15, 0.2) is 23.1 Å². The summed E-state index contributed by atoms with van der Waals surface area (Å²) in [4.78, 5) is 51.5. The molecule has 0 radical (unpaired) electrons. The molecule has 0 aromatic heterocycles. The molecule has 10 aromatic carbocycles. The first-order chi connectivity index (χ1) is 41.0. The topological polar surface area (TPSA) is 268 Å². The molecule has 0 aliphatic carbocycles. The number of benzene rings is 10. The molecule has 0 saturated heterocycles. The largest absolute Gasteiger partial charge is 0.495 e. The number of ether oxygens (including phenoxy) is 4. The molecule has 0 fully saturated rings. The van der Waals surface area contributed by atoms with Gasteiger partial charge >= 0.3 is 0 Å². The van der Waals surface area contributed by atoms with E-state index >= 15 is 0 Å². The lowest BCUT2D eigenvalue weighted by molar-refractivity contribution is 0.102. The Kier molecular flexibility index (Phi) is 16.6. The van der Waals surface area contributed by atoms with Crippen molar-refractivity contribution in [3.05, 3.63) is 275 Å². The summed E-state index contributed by atoms with van der Waals surface area (Å²) in [6.07, 6.45) is 0. The minimum absolute atomic E-state index is 0.0664. The van der Waals surface area contributed by atoms with Crippen LogP contribution in [0.2, 0.25) is 0 Å². The van der Waals surface area contributed by atoms with Crippen molar-refractivity contribution in [3.63, 3.8) is 0 Å². The molecule has 0 saturated carbocycles. The van der Waals surface area contributed by atoms with Gasteiger partial charge in [-0.15, -0.1) is 0 Å². The Morgan fingerprint density at radius 1 is 0.302 bits per heavy atom. The van der Waals surface area contributed by atoms with Crippen molar-refractivity contribution in [2.75, 3.05) is 7.11 Å². The Hall–Kier alpha value is -10.2. The van der Waals surface area contributed by atoms with Crippen molar-refractivity contribution in [2.45, 2.75) is 21.6 Å². The molecule has 0 atom stereocenters. The van der Waals surface area contributed by atoms with Crippen LogP contribution in [0.1, 0.15) is 69.2 Å². The predicted octanol–water partition coefficient (Wildman–Crippen LogP) is 13.4. The molecular formula is C66H46O17S3. The molecule has 0 unspecified atom stereocenters. The van der Waals surface area contributed by atoms with Crippen molar-refractivity contribution in [1.82, 2.24) is 0 Å². The monoisotopic (exact) mass is 1210 g/mol. The number of ketones is 4. The zero-order chi connectivity index (χ0) is 61.1. The van der Waals surface area contributed by atoms with Gasteiger partial charge in [0, 0.05) is 62.7 Å². The number of carbonyl (C=O) groups excluding carboxylic acids is 4. The van der Waals surface area contributed by atoms with Crippen LogP contribution in [-0.2, 0) is 30.4 Å². The van der Waals surface area contributed by atoms with Gasteiger partial charge in [-0.2, -0.15) is 25.3 Å². The van der Waals surface area contributed by atoms with Crippen LogP contribution < -0.4 is 18.9 Å². The summed E-state index contributed by atoms with van der Waals surface area (Å²) in [5.74, 6) is -2.78. The van der Waals surface area contributed by atoms with Crippen LogP contribution in [0.4, 0.5) is 0 Å². The molecule has 20 heteroatoms. The summed E-state index contributed by atoms with van der Waals surface area (Å²) in [6, 6.07) is 57.5. The van der Waals surface area contributed by atoms with Crippen molar-refractivity contribution >= 4 is 53.5 Å². The smallest absolute Gasteiger partial charge is 0.298 e. The fourth-order valence-electron chi connectivity index (χ4n) is 9.09. The Bertz CT molecular complexity index is 4640. The highest BCUT2D eigenvalue weighted by molar-refractivity contribution is 7.86. The lowest BCUT2D eigenvalue weighted by Crippen LogP contribution is -2.06. The highest BCUT2D eigenvalue weighted by atomic mass is 32.2. The van der Waals surface area contributed by atoms with Gasteiger partial charge in [0.1, 0.15) is 54.9 Å². The first-order valence-electron chi connectivity index (χ1n) is 25.8. The lowest BCUT2D eigenvalue weighted by atomic mass is 9.95. The summed E-state index contributed by atoms with van der Waals surface area (Å²) >= 11 is 0. The van der Waals surface area contributed by atoms with E-state index < -0.39 is 56.5 Å². The van der Waals surface area contributed by atoms with Gasteiger partial charge in [-0.05, 0) is 95.9 Å². The number of carbonyl (C=O) groups is 4. The highest BCUT2D eigenvalue weighted by Crippen LogP contribution is 2.39. The Balaban J connectivity index is 0.753. The van der Waals surface area contributed by atoms with E-state index in [1.165, 1.54) is 36.4 Å². The summed E-state index contributed by atoms with van der Waals surface area (Å²) in [5, 5.41) is 0. The van der Waals surface area contributed by atoms with Gasteiger partial charge in [0.25, 0.3) is 30.4 Å². The number of hydrogen-bond acceptors (Lipinski definition) is 14. The minimum atomic E-state index is -5.09. The Morgan fingerprint density at radius 3 is 0.895 bits per heavy atom. The summed E-state index contributed by atoms with van der Waals surface area (Å²) in [5.41, 5.74) is 7.74. The normalized spacial score (nSPS) is 11.5. The fraction of sp³-hybridized carbons (Fsp3) is 0.0303. The van der Waals surface area contributed by atoms with Gasteiger partial charge in [-0.25, -0.2) is 0 Å². The summed E-state index contributed by atoms with van der Waals surface area (Å²) in [7, 11) is -13.8. The van der Waals surface area contributed by atoms with E-state index in [9.17, 15) is 58.1 Å². The SMILES string of the molecule is COc1ccc(Oc2ccc(Oc3ccc(Oc4ccc(C(=O)c5ccc(-c6ccc(C(=O)c7cccc(C(=O)c8ccc(-c9ccc(C(=O)c%10ccc(C)cc%10)cc9)cc8)c7)cc6)cc5)cc4)cc3S(=O)(=O)O)cc2S(=O)(=O)O)cc1S(=O)(=O)O. The van der Waals surface area contributed by atoms with Crippen LogP contribution in [0.3, 0.4) is 0 Å². The molecule has 10 aromatic rings. The van der Waals surface area contributed by atoms with E-state index in [0.717, 1.165) is 77.4 Å². The van der Waals surface area contributed by atoms with E-state index in [1.807, 2.05) is 55.5 Å². The second kappa shape index (κ2) is 24.2. The third-order valence-corrected chi connectivity index (χ3v) is 16.2. The molecule has 0 aliphatic heterocycles. The lowest BCUT2D eigenvalue weighted by Gasteiger charge is -2.15. The van der Waals surface area contributed by atoms with Gasteiger partial charge in [0.05, 0.1) is 7.11 Å². The van der Waals surface area contributed by atoms with Gasteiger partial charge in [0.2, 0.25) is 0 Å². The number of aryl methyl sites for hydroxylation is 1. The third kappa shape index (κ3) is 13.4.